The van der Waals surface area contributed by atoms with Gasteiger partial charge in [-0.05, 0) is 36.2 Å². The van der Waals surface area contributed by atoms with Gasteiger partial charge < -0.3 is 9.64 Å². The van der Waals surface area contributed by atoms with Gasteiger partial charge in [-0.1, -0.05) is 47.4 Å². The third-order valence-electron chi connectivity index (χ3n) is 4.47. The van der Waals surface area contributed by atoms with E-state index in [1.807, 2.05) is 23.1 Å². The molecule has 2 heterocycles. The summed E-state index contributed by atoms with van der Waals surface area (Å²) >= 11 is 2.57. The maximum atomic E-state index is 12.6. The van der Waals surface area contributed by atoms with Crippen LogP contribution in [-0.4, -0.2) is 41.4 Å². The fraction of sp³-hybridized carbons (Fsp3) is 0.200. The Balaban J connectivity index is 1.34. The van der Waals surface area contributed by atoms with Crippen molar-refractivity contribution < 1.29 is 14.3 Å². The largest absolute Gasteiger partial charge is 0.497 e. The molecule has 0 unspecified atom stereocenters. The fourth-order valence-electron chi connectivity index (χ4n) is 3.05. The van der Waals surface area contributed by atoms with E-state index in [0.29, 0.717) is 27.3 Å². The second-order valence-electron chi connectivity index (χ2n) is 6.27. The number of carbonyl (C=O) groups excluding carboxylic acids is 2. The molecule has 1 aromatic heterocycles. The van der Waals surface area contributed by atoms with Gasteiger partial charge in [-0.15, -0.1) is 10.2 Å². The molecule has 2 aromatic carbocycles. The van der Waals surface area contributed by atoms with E-state index in [-0.39, 0.29) is 17.6 Å². The van der Waals surface area contributed by atoms with Crippen molar-refractivity contribution in [3.63, 3.8) is 0 Å². The first-order chi connectivity index (χ1) is 14.1. The third-order valence-corrected chi connectivity index (χ3v) is 6.42. The number of benzene rings is 2. The van der Waals surface area contributed by atoms with Crippen molar-refractivity contribution in [3.8, 4) is 5.75 Å². The molecule has 7 nitrogen and oxygen atoms in total. The van der Waals surface area contributed by atoms with Gasteiger partial charge in [0.05, 0.1) is 12.9 Å². The molecule has 9 heteroatoms. The van der Waals surface area contributed by atoms with Crippen molar-refractivity contribution in [1.82, 2.24) is 10.2 Å². The van der Waals surface area contributed by atoms with Crippen molar-refractivity contribution in [2.45, 2.75) is 10.8 Å². The molecule has 0 bridgehead atoms. The van der Waals surface area contributed by atoms with Crippen LogP contribution in [0.5, 0.6) is 5.75 Å². The van der Waals surface area contributed by atoms with Crippen LogP contribution in [0.15, 0.2) is 52.9 Å². The second-order valence-corrected chi connectivity index (χ2v) is 8.47. The minimum Gasteiger partial charge on any atom is -0.497 e. The first-order valence-corrected chi connectivity index (χ1v) is 10.7. The first-order valence-electron chi connectivity index (χ1n) is 8.94. The zero-order valence-electron chi connectivity index (χ0n) is 15.6. The highest BCUT2D eigenvalue weighted by Crippen LogP contribution is 2.30. The molecule has 0 fully saturated rings. The predicted octanol–water partition coefficient (Wildman–Crippen LogP) is 3.48. The highest BCUT2D eigenvalue weighted by molar-refractivity contribution is 8.01. The first kappa shape index (κ1) is 19.4. The molecule has 0 aliphatic carbocycles. The average Bonchev–Trinajstić information content (AvgIpc) is 3.39. The van der Waals surface area contributed by atoms with Crippen LogP contribution in [0.25, 0.3) is 0 Å². The Bertz CT molecular complexity index is 1050. The summed E-state index contributed by atoms with van der Waals surface area (Å²) in [6.07, 6.45) is 0.881. The molecule has 29 heavy (non-hydrogen) atoms. The number of aromatic nitrogens is 2. The van der Waals surface area contributed by atoms with E-state index >= 15 is 0 Å². The predicted molar refractivity (Wildman–Crippen MR) is 114 cm³/mol. The van der Waals surface area contributed by atoms with Crippen LogP contribution >= 0.6 is 23.1 Å². The number of thioether (sulfide) groups is 1. The molecule has 0 atom stereocenters. The molecule has 1 aliphatic rings. The van der Waals surface area contributed by atoms with Crippen LogP contribution in [0.2, 0.25) is 0 Å². The number of nitrogens with zero attached hydrogens (tertiary/aromatic N) is 3. The van der Waals surface area contributed by atoms with Gasteiger partial charge in [0.15, 0.2) is 4.34 Å². The second kappa shape index (κ2) is 8.62. The standard InChI is InChI=1S/C20H18N4O3S2/c1-27-15-7-4-6-14(11-15)18(26)21-19-22-23-20(29-19)28-12-17(25)24-10-9-13-5-2-3-8-16(13)24/h2-8,11H,9-10,12H2,1H3,(H,21,22,26). The van der Waals surface area contributed by atoms with Crippen LogP contribution in [-0.2, 0) is 11.2 Å². The number of hydrogen-bond donors (Lipinski definition) is 1. The number of ether oxygens (including phenoxy) is 1. The lowest BCUT2D eigenvalue weighted by atomic mass is 10.2. The summed E-state index contributed by atoms with van der Waals surface area (Å²) in [6.45, 7) is 0.705. The fourth-order valence-corrected chi connectivity index (χ4v) is 4.67. The summed E-state index contributed by atoms with van der Waals surface area (Å²) in [7, 11) is 1.55. The summed E-state index contributed by atoms with van der Waals surface area (Å²) in [6, 6.07) is 14.8. The van der Waals surface area contributed by atoms with Crippen LogP contribution in [0.1, 0.15) is 15.9 Å². The summed E-state index contributed by atoms with van der Waals surface area (Å²) in [5.41, 5.74) is 2.66. The van der Waals surface area contributed by atoms with E-state index in [1.165, 1.54) is 28.7 Å². The molecule has 0 saturated carbocycles. The summed E-state index contributed by atoms with van der Waals surface area (Å²) in [5.74, 6) is 0.624. The Morgan fingerprint density at radius 2 is 2.07 bits per heavy atom. The Hall–Kier alpha value is -2.91. The number of nitrogens with one attached hydrogen (secondary N) is 1. The van der Waals surface area contributed by atoms with Crippen molar-refractivity contribution in [3.05, 3.63) is 59.7 Å². The van der Waals surface area contributed by atoms with Crippen molar-refractivity contribution in [1.29, 1.82) is 0 Å². The molecular formula is C20H18N4O3S2. The number of para-hydroxylation sites is 1. The number of carbonyl (C=O) groups is 2. The van der Waals surface area contributed by atoms with E-state index in [4.69, 9.17) is 4.74 Å². The molecule has 1 N–H and O–H groups in total. The van der Waals surface area contributed by atoms with Crippen molar-refractivity contribution in [2.24, 2.45) is 0 Å². The molecule has 0 spiro atoms. The average molecular weight is 427 g/mol. The van der Waals surface area contributed by atoms with Gasteiger partial charge in [0.2, 0.25) is 11.0 Å². The Morgan fingerprint density at radius 3 is 2.93 bits per heavy atom. The Morgan fingerprint density at radius 1 is 1.21 bits per heavy atom. The van der Waals surface area contributed by atoms with Crippen LogP contribution in [0, 0.1) is 0 Å². The molecule has 148 valence electrons. The van der Waals surface area contributed by atoms with Crippen LogP contribution in [0.4, 0.5) is 10.8 Å². The maximum Gasteiger partial charge on any atom is 0.257 e. The van der Waals surface area contributed by atoms with E-state index < -0.39 is 0 Å². The number of methoxy groups -OCH3 is 1. The van der Waals surface area contributed by atoms with Gasteiger partial charge in [0.1, 0.15) is 5.75 Å². The molecular weight excluding hydrogens is 408 g/mol. The third kappa shape index (κ3) is 4.41. The van der Waals surface area contributed by atoms with Gasteiger partial charge in [-0.2, -0.15) is 0 Å². The highest BCUT2D eigenvalue weighted by Gasteiger charge is 2.24. The van der Waals surface area contributed by atoms with E-state index in [2.05, 4.69) is 21.6 Å². The van der Waals surface area contributed by atoms with E-state index in [1.54, 1.807) is 31.4 Å². The summed E-state index contributed by atoms with van der Waals surface area (Å²) in [5, 5.41) is 11.2. The number of amides is 2. The number of fused-ring (bicyclic) bond motifs is 1. The normalized spacial score (nSPS) is 12.5. The molecule has 4 rings (SSSR count). The Labute approximate surface area is 176 Å². The molecule has 3 aromatic rings. The zero-order chi connectivity index (χ0) is 20.2. The summed E-state index contributed by atoms with van der Waals surface area (Å²) in [4.78, 5) is 26.8. The van der Waals surface area contributed by atoms with Crippen molar-refractivity contribution in [2.75, 3.05) is 29.6 Å². The SMILES string of the molecule is COc1cccc(C(=O)Nc2nnc(SCC(=O)N3CCc4ccccc43)s2)c1. The molecule has 0 radical (unpaired) electrons. The quantitative estimate of drug-likeness (QED) is 0.480. The lowest BCUT2D eigenvalue weighted by molar-refractivity contribution is -0.116. The summed E-state index contributed by atoms with van der Waals surface area (Å²) < 4.78 is 5.76. The molecule has 1 aliphatic heterocycles. The monoisotopic (exact) mass is 426 g/mol. The number of rotatable bonds is 6. The van der Waals surface area contributed by atoms with Crippen LogP contribution in [0.3, 0.4) is 0 Å². The number of anilines is 2. The lowest BCUT2D eigenvalue weighted by Crippen LogP contribution is -2.30. The van der Waals surface area contributed by atoms with Gasteiger partial charge in [-0.25, -0.2) is 0 Å². The van der Waals surface area contributed by atoms with Crippen molar-refractivity contribution >= 4 is 45.7 Å². The minimum atomic E-state index is -0.290. The molecule has 2 amide bonds. The van der Waals surface area contributed by atoms with E-state index in [0.717, 1.165) is 12.1 Å². The van der Waals surface area contributed by atoms with Gasteiger partial charge in [-0.3, -0.25) is 14.9 Å². The zero-order valence-corrected chi connectivity index (χ0v) is 17.3. The van der Waals surface area contributed by atoms with Gasteiger partial charge >= 0.3 is 0 Å². The van der Waals surface area contributed by atoms with Crippen LogP contribution < -0.4 is 15.0 Å². The van der Waals surface area contributed by atoms with Gasteiger partial charge in [0.25, 0.3) is 5.91 Å². The topological polar surface area (TPSA) is 84.4 Å². The van der Waals surface area contributed by atoms with Gasteiger partial charge in [0, 0.05) is 17.8 Å². The minimum absolute atomic E-state index is 0.0390. The highest BCUT2D eigenvalue weighted by atomic mass is 32.2. The van der Waals surface area contributed by atoms with E-state index in [9.17, 15) is 9.59 Å². The smallest absolute Gasteiger partial charge is 0.257 e. The maximum absolute atomic E-state index is 12.6. The Kier molecular flexibility index (Phi) is 5.77. The lowest BCUT2D eigenvalue weighted by Gasteiger charge is -2.16. The number of hydrogen-bond acceptors (Lipinski definition) is 7. The molecule has 0 saturated heterocycles.